The fourth-order valence-electron chi connectivity index (χ4n) is 1.55. The number of hydrogen-bond acceptors (Lipinski definition) is 6. The van der Waals surface area contributed by atoms with Crippen LogP contribution in [0.25, 0.3) is 0 Å². The molecule has 7 nitrogen and oxygen atoms in total. The van der Waals surface area contributed by atoms with E-state index in [1.165, 1.54) is 31.5 Å². The van der Waals surface area contributed by atoms with Gasteiger partial charge in [0.1, 0.15) is 5.15 Å². The number of halogens is 2. The number of carbonyl (C=O) groups excluding carboxylic acids is 1. The van der Waals surface area contributed by atoms with Crippen molar-refractivity contribution in [3.63, 3.8) is 0 Å². The van der Waals surface area contributed by atoms with Gasteiger partial charge in [-0.3, -0.25) is 10.1 Å². The number of carbonyl (C=O) groups is 1. The minimum atomic E-state index is -0.801. The maximum atomic E-state index is 12.0. The number of nitro groups is 1. The number of pyridine rings is 1. The average molecular weight is 343 g/mol. The summed E-state index contributed by atoms with van der Waals surface area (Å²) in [7, 11) is 1.35. The molecule has 0 saturated heterocycles. The Labute approximate surface area is 134 Å². The normalized spacial score (nSPS) is 10.1. The number of rotatable bonds is 4. The number of nitrogens with zero attached hydrogens (tertiary/aromatic N) is 2. The number of esters is 1. The lowest BCUT2D eigenvalue weighted by molar-refractivity contribution is -0.384. The Kier molecular flexibility index (Phi) is 4.79. The number of non-ortho nitro benzene ring substituents is 1. The monoisotopic (exact) mass is 342 g/mol. The van der Waals surface area contributed by atoms with Gasteiger partial charge in [-0.05, 0) is 12.1 Å². The van der Waals surface area contributed by atoms with Gasteiger partial charge in [0, 0.05) is 12.3 Å². The zero-order chi connectivity index (χ0) is 16.3. The Morgan fingerprint density at radius 3 is 2.59 bits per heavy atom. The number of methoxy groups -OCH3 is 1. The number of ether oxygens (including phenoxy) is 2. The van der Waals surface area contributed by atoms with Gasteiger partial charge < -0.3 is 9.47 Å². The maximum Gasteiger partial charge on any atom is 0.345 e. The summed E-state index contributed by atoms with van der Waals surface area (Å²) in [6.07, 6.45) is 1.18. The molecule has 0 amide bonds. The Morgan fingerprint density at radius 1 is 1.27 bits per heavy atom. The van der Waals surface area contributed by atoms with Crippen molar-refractivity contribution in [2.24, 2.45) is 0 Å². The highest BCUT2D eigenvalue weighted by atomic mass is 35.5. The summed E-state index contributed by atoms with van der Waals surface area (Å²) in [6.45, 7) is 0. The molecule has 0 aliphatic carbocycles. The highest BCUT2D eigenvalue weighted by Crippen LogP contribution is 2.32. The van der Waals surface area contributed by atoms with E-state index in [2.05, 4.69) is 4.98 Å². The van der Waals surface area contributed by atoms with E-state index < -0.39 is 10.9 Å². The highest BCUT2D eigenvalue weighted by Gasteiger charge is 2.17. The smallest absolute Gasteiger partial charge is 0.345 e. The fraction of sp³-hybridized carbons (Fsp3) is 0.0769. The van der Waals surface area contributed by atoms with Crippen molar-refractivity contribution in [1.29, 1.82) is 0 Å². The van der Waals surface area contributed by atoms with Crippen LogP contribution in [-0.4, -0.2) is 23.0 Å². The van der Waals surface area contributed by atoms with Gasteiger partial charge in [-0.15, -0.1) is 0 Å². The molecule has 2 aromatic rings. The Balaban J connectivity index is 2.32. The molecular formula is C13H8Cl2N2O5. The topological polar surface area (TPSA) is 91.6 Å². The zero-order valence-electron chi connectivity index (χ0n) is 11.1. The summed E-state index contributed by atoms with van der Waals surface area (Å²) in [4.78, 5) is 25.9. The molecule has 0 N–H and O–H groups in total. The molecule has 0 saturated carbocycles. The van der Waals surface area contributed by atoms with Crippen LogP contribution in [0.2, 0.25) is 10.2 Å². The van der Waals surface area contributed by atoms with Gasteiger partial charge in [-0.2, -0.15) is 0 Å². The van der Waals surface area contributed by atoms with Crippen molar-refractivity contribution in [2.75, 3.05) is 7.11 Å². The predicted octanol–water partition coefficient (Wildman–Crippen LogP) is 3.52. The molecule has 22 heavy (non-hydrogen) atoms. The van der Waals surface area contributed by atoms with Crippen LogP contribution >= 0.6 is 23.2 Å². The first kappa shape index (κ1) is 16.0. The Hall–Kier alpha value is -2.38. The van der Waals surface area contributed by atoms with Gasteiger partial charge in [0.15, 0.2) is 11.5 Å². The van der Waals surface area contributed by atoms with Crippen molar-refractivity contribution < 1.29 is 19.2 Å². The van der Waals surface area contributed by atoms with E-state index in [0.717, 1.165) is 6.07 Å². The second kappa shape index (κ2) is 6.59. The summed E-state index contributed by atoms with van der Waals surface area (Å²) in [5, 5.41) is 10.9. The van der Waals surface area contributed by atoms with E-state index >= 15 is 0 Å². The van der Waals surface area contributed by atoms with Gasteiger partial charge >= 0.3 is 5.97 Å². The minimum absolute atomic E-state index is 0.0444. The van der Waals surface area contributed by atoms with E-state index in [9.17, 15) is 14.9 Å². The fourth-order valence-corrected chi connectivity index (χ4v) is 1.82. The first-order valence-corrected chi connectivity index (χ1v) is 6.53. The first-order valence-electron chi connectivity index (χ1n) is 5.78. The molecule has 1 aromatic carbocycles. The summed E-state index contributed by atoms with van der Waals surface area (Å²) < 4.78 is 10.1. The van der Waals surface area contributed by atoms with E-state index in [0.29, 0.717) is 0 Å². The summed E-state index contributed by atoms with van der Waals surface area (Å²) in [5.41, 5.74) is -0.196. The molecule has 2 rings (SSSR count). The first-order chi connectivity index (χ1) is 10.4. The molecule has 0 aliphatic rings. The standard InChI is InChI=1S/C13H8Cl2N2O5/c1-21-10-3-2-8(17(19)20)5-11(10)22-13(18)7-4-9(14)12(15)16-6-7/h2-6H,1H3. The second-order valence-electron chi connectivity index (χ2n) is 3.98. The van der Waals surface area contributed by atoms with Gasteiger partial charge in [0.2, 0.25) is 0 Å². The van der Waals surface area contributed by atoms with Gasteiger partial charge in [-0.1, -0.05) is 23.2 Å². The van der Waals surface area contributed by atoms with Crippen molar-refractivity contribution in [3.8, 4) is 11.5 Å². The zero-order valence-corrected chi connectivity index (χ0v) is 12.6. The van der Waals surface area contributed by atoms with Crippen molar-refractivity contribution >= 4 is 34.9 Å². The summed E-state index contributed by atoms with van der Waals surface area (Å²) >= 11 is 11.4. The van der Waals surface area contributed by atoms with Crippen LogP contribution in [0.3, 0.4) is 0 Å². The van der Waals surface area contributed by atoms with Gasteiger partial charge in [0.05, 0.1) is 28.7 Å². The molecule has 1 heterocycles. The Bertz CT molecular complexity index is 751. The molecule has 0 fully saturated rings. The van der Waals surface area contributed by atoms with Crippen molar-refractivity contribution in [1.82, 2.24) is 4.98 Å². The maximum absolute atomic E-state index is 12.0. The third-order valence-electron chi connectivity index (χ3n) is 2.59. The lowest BCUT2D eigenvalue weighted by atomic mass is 10.2. The molecular weight excluding hydrogens is 335 g/mol. The van der Waals surface area contributed by atoms with Crippen LogP contribution in [0.5, 0.6) is 11.5 Å². The summed E-state index contributed by atoms with van der Waals surface area (Å²) in [5.74, 6) is -0.718. The number of hydrogen-bond donors (Lipinski definition) is 0. The average Bonchev–Trinajstić information content (AvgIpc) is 2.49. The number of aromatic nitrogens is 1. The molecule has 1 aromatic heterocycles. The van der Waals surface area contributed by atoms with Crippen LogP contribution in [0, 0.1) is 10.1 Å². The summed E-state index contributed by atoms with van der Waals surface area (Å²) in [6, 6.07) is 4.93. The minimum Gasteiger partial charge on any atom is -0.493 e. The lowest BCUT2D eigenvalue weighted by Crippen LogP contribution is -2.10. The van der Waals surface area contributed by atoms with Crippen LogP contribution in [0.15, 0.2) is 30.5 Å². The van der Waals surface area contributed by atoms with Crippen LogP contribution < -0.4 is 9.47 Å². The second-order valence-corrected chi connectivity index (χ2v) is 4.74. The SMILES string of the molecule is COc1ccc([N+](=O)[O-])cc1OC(=O)c1cnc(Cl)c(Cl)c1. The van der Waals surface area contributed by atoms with Gasteiger partial charge in [0.25, 0.3) is 5.69 Å². The van der Waals surface area contributed by atoms with E-state index in [1.54, 1.807) is 0 Å². The van der Waals surface area contributed by atoms with Crippen molar-refractivity contribution in [2.45, 2.75) is 0 Å². The third kappa shape index (κ3) is 3.44. The molecule has 0 spiro atoms. The van der Waals surface area contributed by atoms with E-state index in [1.807, 2.05) is 0 Å². The predicted molar refractivity (Wildman–Crippen MR) is 78.9 cm³/mol. The molecule has 114 valence electrons. The third-order valence-corrected chi connectivity index (χ3v) is 3.28. The molecule has 0 unspecified atom stereocenters. The molecule has 0 atom stereocenters. The highest BCUT2D eigenvalue weighted by molar-refractivity contribution is 6.41. The molecule has 0 bridgehead atoms. The lowest BCUT2D eigenvalue weighted by Gasteiger charge is -2.09. The van der Waals surface area contributed by atoms with E-state index in [-0.39, 0.29) is 32.9 Å². The number of nitro benzene ring substituents is 1. The quantitative estimate of drug-likeness (QED) is 0.277. The number of benzene rings is 1. The molecule has 9 heteroatoms. The van der Waals surface area contributed by atoms with Crippen LogP contribution in [0.1, 0.15) is 10.4 Å². The van der Waals surface area contributed by atoms with Crippen LogP contribution in [-0.2, 0) is 0 Å². The molecule has 0 radical (unpaired) electrons. The Morgan fingerprint density at radius 2 is 2.00 bits per heavy atom. The molecule has 0 aliphatic heterocycles. The largest absolute Gasteiger partial charge is 0.493 e. The van der Waals surface area contributed by atoms with Gasteiger partial charge in [-0.25, -0.2) is 9.78 Å². The van der Waals surface area contributed by atoms with Crippen LogP contribution in [0.4, 0.5) is 5.69 Å². The van der Waals surface area contributed by atoms with Crippen molar-refractivity contribution in [3.05, 3.63) is 56.3 Å². The van der Waals surface area contributed by atoms with E-state index in [4.69, 9.17) is 32.7 Å².